The van der Waals surface area contributed by atoms with E-state index in [1.165, 1.54) is 24.3 Å². The van der Waals surface area contributed by atoms with Gasteiger partial charge in [0.15, 0.2) is 11.6 Å². The number of ether oxygens (including phenoxy) is 1. The third-order valence-electron chi connectivity index (χ3n) is 18.2. The fraction of sp³-hybridized carbons (Fsp3) is 0.534. The first-order valence-corrected chi connectivity index (χ1v) is 37.0. The van der Waals surface area contributed by atoms with E-state index in [1.54, 1.807) is 30.5 Å². The molecule has 630 valence electrons. The molecule has 24 N–H and O–H groups in total. The number of aliphatic carboxylic acids is 4. The lowest BCUT2D eigenvalue weighted by atomic mass is 9.92. The average Bonchev–Trinajstić information content (AvgIpc) is 1.72. The number of aliphatic hydroxyl groups excluding tert-OH is 1. The minimum Gasteiger partial charge on any atom is -0.481 e. The molecule has 1 fully saturated rings. The zero-order valence-corrected chi connectivity index (χ0v) is 63.8. The van der Waals surface area contributed by atoms with Crippen molar-refractivity contribution in [3.63, 3.8) is 0 Å². The van der Waals surface area contributed by atoms with Crippen molar-refractivity contribution in [3.05, 3.63) is 65.9 Å². The standard InChI is InChI=1S/C73H102N16O26/c1-5-6-7-8-9-10-11-22-55(94)82-46(25-40-32-77-44-20-15-13-17-41(40)44)67(108)85-47(29-54(76)93)68(109)86-49(31-61(103)104)69(110)89-63-38(4)115-73(114)50(28-52(91)42-18-12-14-19-43(42)75)87-72(113)62(36(2)24-58(97)98)88-70(111)51(35-90)83-57(96)33-78-66(107)48(30-60(101)102)84-64(105)37(3)80-65(106)39(27-59(99)100)26-53(92)45(21-16-23-74)81-56(95)34-79-71(63)112/h12-15,17-20,32,36-39,45-51,62-63,77,90H,5-11,16,21-31,33-35,74-75H2,1-4H3,(H2,76,93)(H,78,107)(H,79,112)(H,80,106)(H,81,95)(H,82,94)(H,83,96)(H,84,105)(H,85,108)(H,86,109)(H,87,113)(H,88,111)(H,89,110)(H,97,98)(H,99,100)(H,101,102)(H,103,104). The summed E-state index contributed by atoms with van der Waals surface area (Å²) in [5, 5.41) is 76.8. The van der Waals surface area contributed by atoms with Gasteiger partial charge in [-0.1, -0.05) is 82.7 Å². The van der Waals surface area contributed by atoms with Crippen LogP contribution in [0.25, 0.3) is 10.9 Å². The summed E-state index contributed by atoms with van der Waals surface area (Å²) in [6.07, 6.45) is -3.06. The Hall–Kier alpha value is -12.5. The van der Waals surface area contributed by atoms with Crippen LogP contribution in [0.2, 0.25) is 0 Å². The van der Waals surface area contributed by atoms with Gasteiger partial charge in [-0.25, -0.2) is 4.79 Å². The molecule has 4 rings (SSSR count). The summed E-state index contributed by atoms with van der Waals surface area (Å²) in [4.78, 5) is 276. The summed E-state index contributed by atoms with van der Waals surface area (Å²) in [5.41, 5.74) is 18.1. The second-order valence-corrected chi connectivity index (χ2v) is 27.6. The van der Waals surface area contributed by atoms with Gasteiger partial charge in [-0.05, 0) is 69.3 Å². The highest BCUT2D eigenvalue weighted by molar-refractivity contribution is 6.05. The number of carboxylic acids is 4. The van der Waals surface area contributed by atoms with E-state index >= 15 is 0 Å². The minimum atomic E-state index is -2.44. The van der Waals surface area contributed by atoms with Crippen molar-refractivity contribution >= 4 is 135 Å². The average molecular weight is 1620 g/mol. The third-order valence-corrected chi connectivity index (χ3v) is 18.2. The minimum absolute atomic E-state index is 0.0163. The number of unbranched alkanes of at least 4 members (excludes halogenated alkanes) is 6. The number of carbonyl (C=O) groups excluding carboxylic acids is 16. The van der Waals surface area contributed by atoms with Crippen LogP contribution in [0, 0.1) is 11.8 Å². The van der Waals surface area contributed by atoms with Crippen LogP contribution < -0.4 is 81.0 Å². The van der Waals surface area contributed by atoms with Crippen LogP contribution in [-0.4, -0.2) is 241 Å². The van der Waals surface area contributed by atoms with E-state index < -0.39 is 261 Å². The quantitative estimate of drug-likeness (QED) is 0.0114. The number of nitrogen functional groups attached to an aromatic ring is 1. The van der Waals surface area contributed by atoms with Crippen LogP contribution >= 0.6 is 0 Å². The summed E-state index contributed by atoms with van der Waals surface area (Å²) in [6.45, 7) is 1.22. The zero-order valence-electron chi connectivity index (χ0n) is 63.8. The predicted molar refractivity (Wildman–Crippen MR) is 401 cm³/mol. The fourth-order valence-corrected chi connectivity index (χ4v) is 12.0. The molecule has 0 radical (unpaired) electrons. The lowest BCUT2D eigenvalue weighted by Crippen LogP contribution is -2.61. The van der Waals surface area contributed by atoms with Crippen molar-refractivity contribution < 1.29 is 126 Å². The Balaban J connectivity index is 1.87. The maximum atomic E-state index is 14.8. The Morgan fingerprint density at radius 2 is 1.16 bits per heavy atom. The summed E-state index contributed by atoms with van der Waals surface area (Å²) in [7, 11) is 0. The van der Waals surface area contributed by atoms with Crippen molar-refractivity contribution in [2.75, 3.05) is 32.0 Å². The number of aromatic amines is 1. The maximum absolute atomic E-state index is 14.8. The Morgan fingerprint density at radius 3 is 1.77 bits per heavy atom. The van der Waals surface area contributed by atoms with E-state index in [-0.39, 0.29) is 43.5 Å². The smallest absolute Gasteiger partial charge is 0.329 e. The second kappa shape index (κ2) is 47.8. The molecule has 1 aliphatic heterocycles. The van der Waals surface area contributed by atoms with Crippen molar-refractivity contribution in [2.24, 2.45) is 23.3 Å². The van der Waals surface area contributed by atoms with Crippen LogP contribution in [0.15, 0.2) is 54.7 Å². The first-order valence-electron chi connectivity index (χ1n) is 37.0. The van der Waals surface area contributed by atoms with E-state index in [9.17, 15) is 121 Å². The lowest BCUT2D eigenvalue weighted by molar-refractivity contribution is -0.156. The summed E-state index contributed by atoms with van der Waals surface area (Å²) < 4.78 is 5.69. The van der Waals surface area contributed by atoms with Crippen molar-refractivity contribution in [2.45, 2.75) is 210 Å². The number of primary amides is 1. The van der Waals surface area contributed by atoms with Gasteiger partial charge in [-0.2, -0.15) is 0 Å². The molecule has 42 nitrogen and oxygen atoms in total. The summed E-state index contributed by atoms with van der Waals surface area (Å²) in [6, 6.07) is -8.21. The number of aromatic nitrogens is 1. The summed E-state index contributed by atoms with van der Waals surface area (Å²) >= 11 is 0. The van der Waals surface area contributed by atoms with E-state index in [0.29, 0.717) is 29.3 Å². The van der Waals surface area contributed by atoms with Crippen LogP contribution in [0.4, 0.5) is 5.69 Å². The number of ketones is 2. The number of aliphatic hydroxyl groups is 1. The number of rotatable bonds is 35. The molecule has 0 aliphatic carbocycles. The Kier molecular flexibility index (Phi) is 39.4. The van der Waals surface area contributed by atoms with Crippen LogP contribution in [0.5, 0.6) is 0 Å². The zero-order chi connectivity index (χ0) is 85.8. The van der Waals surface area contributed by atoms with E-state index in [1.807, 2.05) is 16.0 Å². The van der Waals surface area contributed by atoms with Crippen LogP contribution in [0.1, 0.15) is 153 Å². The molecular formula is C73H102N16O26. The van der Waals surface area contributed by atoms with E-state index in [4.69, 9.17) is 21.9 Å². The fourth-order valence-electron chi connectivity index (χ4n) is 12.0. The number of nitrogens with two attached hydrogens (primary N) is 3. The highest BCUT2D eigenvalue weighted by Crippen LogP contribution is 2.22. The number of fused-ring (bicyclic) bond motifs is 1. The van der Waals surface area contributed by atoms with Gasteiger partial charge < -0.3 is 116 Å². The molecular weight excluding hydrogens is 1520 g/mol. The molecule has 1 aromatic heterocycles. The van der Waals surface area contributed by atoms with E-state index in [0.717, 1.165) is 52.9 Å². The number of hydrogen-bond acceptors (Lipinski definition) is 24. The number of para-hydroxylation sites is 2. The summed E-state index contributed by atoms with van der Waals surface area (Å²) in [5.74, 6) is -31.0. The Labute approximate surface area is 658 Å². The number of nitrogens with one attached hydrogen (secondary N) is 13. The van der Waals surface area contributed by atoms with Crippen molar-refractivity contribution in [3.8, 4) is 0 Å². The van der Waals surface area contributed by atoms with Gasteiger partial charge in [0.25, 0.3) is 0 Å². The lowest BCUT2D eigenvalue weighted by Gasteiger charge is -2.30. The maximum Gasteiger partial charge on any atom is 0.329 e. The molecule has 13 unspecified atom stereocenters. The topological polar surface area (TPSA) is 690 Å². The third kappa shape index (κ3) is 32.6. The number of benzene rings is 2. The molecule has 0 spiro atoms. The number of amides is 13. The molecule has 115 heavy (non-hydrogen) atoms. The molecule has 13 atom stereocenters. The molecule has 2 heterocycles. The Morgan fingerprint density at radius 1 is 0.574 bits per heavy atom. The van der Waals surface area contributed by atoms with Crippen LogP contribution in [-0.2, 0) is 102 Å². The number of esters is 1. The van der Waals surface area contributed by atoms with Gasteiger partial charge in [-0.15, -0.1) is 0 Å². The van der Waals surface area contributed by atoms with Crippen LogP contribution in [0.3, 0.4) is 0 Å². The van der Waals surface area contributed by atoms with Crippen molar-refractivity contribution in [1.29, 1.82) is 0 Å². The van der Waals surface area contributed by atoms with Gasteiger partial charge in [0, 0.05) is 54.0 Å². The molecule has 0 saturated carbocycles. The van der Waals surface area contributed by atoms with Gasteiger partial charge in [0.2, 0.25) is 76.8 Å². The predicted octanol–water partition coefficient (Wildman–Crippen LogP) is -4.53. The first kappa shape index (κ1) is 94.9. The largest absolute Gasteiger partial charge is 0.481 e. The molecule has 1 aliphatic rings. The number of carboxylic acid groups (broad SMARTS) is 4. The number of carbonyl (C=O) groups is 20. The molecule has 0 bridgehead atoms. The van der Waals surface area contributed by atoms with E-state index in [2.05, 4.69) is 59.8 Å². The monoisotopic (exact) mass is 1620 g/mol. The van der Waals surface area contributed by atoms with Gasteiger partial charge in [-0.3, -0.25) is 91.1 Å². The van der Waals surface area contributed by atoms with Gasteiger partial charge in [0.1, 0.15) is 60.5 Å². The SMILES string of the molecule is CCCCCCCCCC(=O)NC(Cc1c[nH]c2ccccc12)C(=O)NC(CC(N)=O)C(=O)NC(CC(=O)O)C(=O)NC1C(=O)NCC(=O)NC(CCCN)C(=O)CC(CC(=O)O)C(=O)NC(C)C(=O)NC(CC(=O)O)C(=O)NCC(=O)NC(CO)C(=O)NC(C(C)CC(=O)O)C(=O)NC(CC(=O)c2ccccc2N)C(=O)OC1C. The number of cyclic esters (lactones) is 1. The highest BCUT2D eigenvalue weighted by Gasteiger charge is 2.41. The number of anilines is 1. The number of hydrogen-bond donors (Lipinski definition) is 21. The number of Topliss-reactive ketones (excluding diaryl/α,β-unsaturated/α-hetero) is 2. The normalized spacial score (nSPS) is 21.3. The van der Waals surface area contributed by atoms with Gasteiger partial charge in [0.05, 0.1) is 63.8 Å². The second-order valence-electron chi connectivity index (χ2n) is 27.6. The molecule has 13 amide bonds. The molecule has 3 aromatic rings. The molecule has 1 saturated heterocycles. The van der Waals surface area contributed by atoms with Crippen molar-refractivity contribution in [1.82, 2.24) is 68.8 Å². The highest BCUT2D eigenvalue weighted by atomic mass is 16.5. The number of H-pyrrole nitrogens is 1. The Bertz CT molecular complexity index is 4040. The van der Waals surface area contributed by atoms with Gasteiger partial charge >= 0.3 is 29.8 Å². The molecule has 2 aromatic carbocycles. The first-order chi connectivity index (χ1) is 54.4. The molecule has 42 heteroatoms.